The molecule has 2 N–H and O–H groups in total. The van der Waals surface area contributed by atoms with E-state index in [4.69, 9.17) is 5.73 Å². The lowest BCUT2D eigenvalue weighted by atomic mass is 10.3. The van der Waals surface area contributed by atoms with Crippen LogP contribution in [0.5, 0.6) is 0 Å². The number of ether oxygens (including phenoxy) is 1. The average Bonchev–Trinajstić information content (AvgIpc) is 1.99. The van der Waals surface area contributed by atoms with Gasteiger partial charge < -0.3 is 10.5 Å². The van der Waals surface area contributed by atoms with Gasteiger partial charge in [-0.3, -0.25) is 4.79 Å². The van der Waals surface area contributed by atoms with Gasteiger partial charge in [0.05, 0.1) is 0 Å². The molecule has 0 saturated heterocycles. The van der Waals surface area contributed by atoms with E-state index < -0.39 is 11.9 Å². The largest absolute Gasteiger partial charge is 0.431 e. The molecule has 0 spiro atoms. The fraction of sp³-hybridized carbons (Fsp3) is 0.143. The Morgan fingerprint density at radius 2 is 2.09 bits per heavy atom. The molecule has 0 radical (unpaired) electrons. The van der Waals surface area contributed by atoms with Gasteiger partial charge in [0, 0.05) is 11.6 Å². The minimum Gasteiger partial charge on any atom is -0.431 e. The van der Waals surface area contributed by atoms with Crippen molar-refractivity contribution in [2.24, 2.45) is 5.73 Å². The first-order chi connectivity index (χ1) is 5.07. The van der Waals surface area contributed by atoms with Gasteiger partial charge in [-0.25, -0.2) is 4.79 Å². The highest BCUT2D eigenvalue weighted by Gasteiger charge is 1.98. The average molecular weight is 155 g/mol. The van der Waals surface area contributed by atoms with Gasteiger partial charge in [0.2, 0.25) is 5.91 Å². The van der Waals surface area contributed by atoms with Crippen LogP contribution >= 0.6 is 0 Å². The molecular formula is C7H9NO3. The monoisotopic (exact) mass is 155 g/mol. The first-order valence-corrected chi connectivity index (χ1v) is 2.87. The zero-order valence-electron chi connectivity index (χ0n) is 6.16. The molecule has 0 heterocycles. The van der Waals surface area contributed by atoms with Crippen molar-refractivity contribution in [2.45, 2.75) is 6.92 Å². The van der Waals surface area contributed by atoms with Crippen LogP contribution in [0.2, 0.25) is 0 Å². The lowest BCUT2D eigenvalue weighted by Gasteiger charge is -1.94. The normalized spacial score (nSPS) is 10.5. The Balaban J connectivity index is 4.02. The quantitative estimate of drug-likeness (QED) is 0.357. The van der Waals surface area contributed by atoms with Crippen LogP contribution in [0, 0.1) is 0 Å². The zero-order valence-corrected chi connectivity index (χ0v) is 6.16. The molecule has 4 heteroatoms. The molecule has 60 valence electrons. The molecule has 0 aromatic rings. The summed E-state index contributed by atoms with van der Waals surface area (Å²) in [4.78, 5) is 20.7. The Morgan fingerprint density at radius 3 is 2.45 bits per heavy atom. The lowest BCUT2D eigenvalue weighted by Crippen LogP contribution is -2.12. The number of hydrogen-bond donors (Lipinski definition) is 1. The molecule has 0 aliphatic carbocycles. The maximum absolute atomic E-state index is 10.4. The van der Waals surface area contributed by atoms with Crippen LogP contribution in [0.1, 0.15) is 6.92 Å². The van der Waals surface area contributed by atoms with Crippen LogP contribution in [-0.2, 0) is 14.3 Å². The van der Waals surface area contributed by atoms with Gasteiger partial charge in [0.1, 0.15) is 6.26 Å². The number of primary amides is 1. The van der Waals surface area contributed by atoms with E-state index >= 15 is 0 Å². The lowest BCUT2D eigenvalue weighted by molar-refractivity contribution is -0.132. The second kappa shape index (κ2) is 4.27. The van der Waals surface area contributed by atoms with Crippen LogP contribution in [-0.4, -0.2) is 11.9 Å². The van der Waals surface area contributed by atoms with Crippen molar-refractivity contribution in [2.75, 3.05) is 0 Å². The number of esters is 1. The molecule has 0 aliphatic heterocycles. The van der Waals surface area contributed by atoms with Crippen molar-refractivity contribution in [1.82, 2.24) is 0 Å². The summed E-state index contributed by atoms with van der Waals surface area (Å²) < 4.78 is 4.39. The molecule has 11 heavy (non-hydrogen) atoms. The fourth-order valence-electron chi connectivity index (χ4n) is 0.253. The summed E-state index contributed by atoms with van der Waals surface area (Å²) in [6, 6.07) is 0. The number of carbonyl (C=O) groups excluding carboxylic acids is 2. The van der Waals surface area contributed by atoms with E-state index in [1.54, 1.807) is 0 Å². The van der Waals surface area contributed by atoms with Crippen LogP contribution in [0.15, 0.2) is 24.5 Å². The minimum atomic E-state index is -0.623. The van der Waals surface area contributed by atoms with Gasteiger partial charge in [-0.05, 0) is 6.92 Å². The predicted octanol–water partition coefficient (Wildman–Crippen LogP) is 0.105. The molecule has 0 saturated carbocycles. The first-order valence-electron chi connectivity index (χ1n) is 2.87. The highest BCUT2D eigenvalue weighted by molar-refractivity contribution is 5.91. The molecule has 0 unspecified atom stereocenters. The predicted molar refractivity (Wildman–Crippen MR) is 39.2 cm³/mol. The molecule has 0 bridgehead atoms. The van der Waals surface area contributed by atoms with Crippen molar-refractivity contribution < 1.29 is 14.3 Å². The Labute approximate surface area is 64.3 Å². The number of nitrogens with two attached hydrogens (primary N) is 1. The maximum atomic E-state index is 10.4. The van der Waals surface area contributed by atoms with Crippen LogP contribution in [0.3, 0.4) is 0 Å². The summed E-state index contributed by atoms with van der Waals surface area (Å²) >= 11 is 0. The third-order valence-electron chi connectivity index (χ3n) is 0.907. The Kier molecular flexibility index (Phi) is 3.66. The standard InChI is InChI=1S/C7H9NO3/c1-3-6(9)11-4-5(2)7(8)10/h3-4H,1H2,2H3,(H2,8,10). The van der Waals surface area contributed by atoms with E-state index in [1.807, 2.05) is 0 Å². The number of amides is 1. The van der Waals surface area contributed by atoms with Gasteiger partial charge in [0.25, 0.3) is 0 Å². The summed E-state index contributed by atoms with van der Waals surface area (Å²) in [5, 5.41) is 0. The smallest absolute Gasteiger partial charge is 0.334 e. The second-order valence-corrected chi connectivity index (χ2v) is 1.81. The highest BCUT2D eigenvalue weighted by atomic mass is 16.5. The molecule has 0 rings (SSSR count). The van der Waals surface area contributed by atoms with Crippen molar-refractivity contribution >= 4 is 11.9 Å². The van der Waals surface area contributed by atoms with E-state index in [-0.39, 0.29) is 5.57 Å². The van der Waals surface area contributed by atoms with Crippen LogP contribution in [0.25, 0.3) is 0 Å². The van der Waals surface area contributed by atoms with Crippen molar-refractivity contribution in [3.63, 3.8) is 0 Å². The summed E-state index contributed by atoms with van der Waals surface area (Å²) in [6.07, 6.45) is 1.98. The molecule has 0 aromatic carbocycles. The van der Waals surface area contributed by atoms with E-state index in [0.29, 0.717) is 0 Å². The fourth-order valence-corrected chi connectivity index (χ4v) is 0.253. The minimum absolute atomic E-state index is 0.181. The second-order valence-electron chi connectivity index (χ2n) is 1.81. The molecule has 0 aliphatic rings. The Hall–Kier alpha value is -1.58. The van der Waals surface area contributed by atoms with Gasteiger partial charge >= 0.3 is 5.97 Å². The molecule has 1 amide bonds. The number of carbonyl (C=O) groups is 2. The summed E-state index contributed by atoms with van der Waals surface area (Å²) in [7, 11) is 0. The third-order valence-corrected chi connectivity index (χ3v) is 0.907. The van der Waals surface area contributed by atoms with Crippen LogP contribution < -0.4 is 5.73 Å². The molecule has 4 nitrogen and oxygen atoms in total. The SMILES string of the molecule is C=CC(=O)OC=C(C)C(N)=O. The first kappa shape index (κ1) is 9.42. The van der Waals surface area contributed by atoms with Gasteiger partial charge in [-0.2, -0.15) is 0 Å². The summed E-state index contributed by atoms with van der Waals surface area (Å²) in [5.74, 6) is -1.24. The summed E-state index contributed by atoms with van der Waals surface area (Å²) in [5.41, 5.74) is 5.02. The van der Waals surface area contributed by atoms with E-state index in [1.165, 1.54) is 6.92 Å². The topological polar surface area (TPSA) is 69.4 Å². The van der Waals surface area contributed by atoms with Crippen molar-refractivity contribution in [3.05, 3.63) is 24.5 Å². The van der Waals surface area contributed by atoms with E-state index in [9.17, 15) is 9.59 Å². The van der Waals surface area contributed by atoms with Gasteiger partial charge in [0.15, 0.2) is 0 Å². The highest BCUT2D eigenvalue weighted by Crippen LogP contribution is 1.91. The summed E-state index contributed by atoms with van der Waals surface area (Å²) in [6.45, 7) is 4.61. The zero-order chi connectivity index (χ0) is 8.85. The third kappa shape index (κ3) is 3.91. The molecule has 0 aromatic heterocycles. The van der Waals surface area contributed by atoms with Gasteiger partial charge in [-0.15, -0.1) is 0 Å². The molecule has 0 fully saturated rings. The maximum Gasteiger partial charge on any atom is 0.334 e. The van der Waals surface area contributed by atoms with Crippen molar-refractivity contribution in [1.29, 1.82) is 0 Å². The molecular weight excluding hydrogens is 146 g/mol. The number of rotatable bonds is 3. The van der Waals surface area contributed by atoms with E-state index in [2.05, 4.69) is 11.3 Å². The van der Waals surface area contributed by atoms with E-state index in [0.717, 1.165) is 12.3 Å². The van der Waals surface area contributed by atoms with Crippen LogP contribution in [0.4, 0.5) is 0 Å². The number of hydrogen-bond acceptors (Lipinski definition) is 3. The van der Waals surface area contributed by atoms with Crippen molar-refractivity contribution in [3.8, 4) is 0 Å². The van der Waals surface area contributed by atoms with Gasteiger partial charge in [-0.1, -0.05) is 6.58 Å². The Morgan fingerprint density at radius 1 is 1.55 bits per heavy atom. The molecule has 0 atom stereocenters. The Bertz CT molecular complexity index is 218.